The second kappa shape index (κ2) is 7.59. The fraction of sp³-hybridized carbons (Fsp3) is 0.600. The summed E-state index contributed by atoms with van der Waals surface area (Å²) in [4.78, 5) is 20.1. The van der Waals surface area contributed by atoms with Crippen molar-refractivity contribution < 1.29 is 15.1 Å². The van der Waals surface area contributed by atoms with Crippen molar-refractivity contribution in [2.24, 2.45) is 0 Å². The Morgan fingerprint density at radius 3 is 1.33 bits per heavy atom. The predicted octanol–water partition coefficient (Wildman–Crippen LogP) is 0.152. The summed E-state index contributed by atoms with van der Waals surface area (Å²) >= 11 is 0. The first-order valence-corrected chi connectivity index (χ1v) is 2.12. The van der Waals surface area contributed by atoms with E-state index in [1.807, 2.05) is 0 Å². The summed E-state index contributed by atoms with van der Waals surface area (Å²) in [7, 11) is 0. The molecule has 0 unspecified atom stereocenters. The molecule has 2 N–H and O–H groups in total. The van der Waals surface area contributed by atoms with Gasteiger partial charge in [0.15, 0.2) is 0 Å². The number of ketones is 2. The zero-order chi connectivity index (χ0) is 5.86. The van der Waals surface area contributed by atoms with E-state index < -0.39 is 0 Å². The highest BCUT2D eigenvalue weighted by Gasteiger charge is 1.94. The largest absolute Gasteiger partial charge is 0.412 e. The van der Waals surface area contributed by atoms with Crippen LogP contribution in [0.4, 0.5) is 0 Å². The summed E-state index contributed by atoms with van der Waals surface area (Å²) in [6.45, 7) is 2.81. The van der Waals surface area contributed by atoms with Crippen LogP contribution in [-0.2, 0) is 9.59 Å². The van der Waals surface area contributed by atoms with Crippen LogP contribution in [0.15, 0.2) is 0 Å². The van der Waals surface area contributed by atoms with Crippen LogP contribution in [0.1, 0.15) is 20.3 Å². The third-order valence-electron chi connectivity index (χ3n) is 0.498. The van der Waals surface area contributed by atoms with Gasteiger partial charge in [-0.15, -0.1) is 12.4 Å². The van der Waals surface area contributed by atoms with Crippen LogP contribution in [0.5, 0.6) is 0 Å². The molecule has 0 aliphatic carbocycles. The molecule has 0 heterocycles. The number of carbonyl (C=O) groups is 2. The fourth-order valence-electron chi connectivity index (χ4n) is 0.351. The van der Waals surface area contributed by atoms with Gasteiger partial charge in [-0.1, -0.05) is 0 Å². The normalized spacial score (nSPS) is 6.44. The van der Waals surface area contributed by atoms with E-state index >= 15 is 0 Å². The van der Waals surface area contributed by atoms with E-state index in [1.54, 1.807) is 0 Å². The molecule has 56 valence electrons. The van der Waals surface area contributed by atoms with E-state index in [0.717, 1.165) is 0 Å². The molecule has 0 aliphatic rings. The van der Waals surface area contributed by atoms with Gasteiger partial charge in [-0.2, -0.15) is 0 Å². The van der Waals surface area contributed by atoms with Crippen LogP contribution in [0.3, 0.4) is 0 Å². The van der Waals surface area contributed by atoms with Crippen molar-refractivity contribution in [3.05, 3.63) is 0 Å². The molecule has 0 atom stereocenters. The van der Waals surface area contributed by atoms with Crippen LogP contribution in [0.2, 0.25) is 0 Å². The Balaban J connectivity index is -0.000000180. The summed E-state index contributed by atoms with van der Waals surface area (Å²) in [5.41, 5.74) is 0. The van der Waals surface area contributed by atoms with Gasteiger partial charge in [-0.25, -0.2) is 0 Å². The second-order valence-electron chi connectivity index (χ2n) is 1.58. The molecule has 0 rings (SSSR count). The van der Waals surface area contributed by atoms with Crippen LogP contribution >= 0.6 is 12.4 Å². The SMILES string of the molecule is CC(=O)CC(C)=O.Cl.O. The van der Waals surface area contributed by atoms with Crippen molar-refractivity contribution in [2.45, 2.75) is 20.3 Å². The highest BCUT2D eigenvalue weighted by atomic mass is 35.5. The van der Waals surface area contributed by atoms with Crippen molar-refractivity contribution in [2.75, 3.05) is 0 Å². The first-order chi connectivity index (χ1) is 3.13. The third kappa shape index (κ3) is 18.4. The molecular weight excluding hydrogens is 144 g/mol. The molecule has 0 fully saturated rings. The third-order valence-corrected chi connectivity index (χ3v) is 0.498. The van der Waals surface area contributed by atoms with E-state index in [-0.39, 0.29) is 35.9 Å². The minimum atomic E-state index is -0.0625. The number of rotatable bonds is 2. The minimum absolute atomic E-state index is 0. The minimum Gasteiger partial charge on any atom is -0.412 e. The standard InChI is InChI=1S/C5H8O2.ClH.H2O/c1-4(6)3-5(2)7;;/h3H2,1-2H3;1H;1H2. The van der Waals surface area contributed by atoms with Gasteiger partial charge in [0.1, 0.15) is 11.6 Å². The van der Waals surface area contributed by atoms with E-state index in [2.05, 4.69) is 0 Å². The lowest BCUT2D eigenvalue weighted by atomic mass is 10.2. The summed E-state index contributed by atoms with van der Waals surface area (Å²) in [5.74, 6) is -0.125. The molecule has 0 aromatic rings. The van der Waals surface area contributed by atoms with Gasteiger partial charge < -0.3 is 5.48 Å². The van der Waals surface area contributed by atoms with Gasteiger partial charge in [0.25, 0.3) is 0 Å². The Labute approximate surface area is 60.2 Å². The number of Topliss-reactive ketones (excluding diaryl/α,β-unsaturated/α-hetero) is 2. The van der Waals surface area contributed by atoms with Crippen LogP contribution in [0.25, 0.3) is 0 Å². The van der Waals surface area contributed by atoms with E-state index in [4.69, 9.17) is 0 Å². The summed E-state index contributed by atoms with van der Waals surface area (Å²) in [6.07, 6.45) is 0.0833. The molecule has 0 spiro atoms. The van der Waals surface area contributed by atoms with Gasteiger partial charge in [0, 0.05) is 0 Å². The highest BCUT2D eigenvalue weighted by Crippen LogP contribution is 1.80. The Hall–Kier alpha value is -0.410. The maximum Gasteiger partial charge on any atom is 0.137 e. The lowest BCUT2D eigenvalue weighted by molar-refractivity contribution is -0.124. The average Bonchev–Trinajstić information content (AvgIpc) is 1.27. The zero-order valence-corrected chi connectivity index (χ0v) is 6.25. The first kappa shape index (κ1) is 15.8. The molecule has 9 heavy (non-hydrogen) atoms. The lowest BCUT2D eigenvalue weighted by Crippen LogP contribution is -1.97. The molecule has 0 saturated carbocycles. The Kier molecular flexibility index (Phi) is 13.4. The first-order valence-electron chi connectivity index (χ1n) is 2.12. The maximum absolute atomic E-state index is 10.0. The zero-order valence-electron chi connectivity index (χ0n) is 5.43. The van der Waals surface area contributed by atoms with Crippen molar-refractivity contribution in [1.82, 2.24) is 0 Å². The molecule has 0 saturated heterocycles. The number of hydrogen-bond acceptors (Lipinski definition) is 2. The number of halogens is 1. The lowest BCUT2D eigenvalue weighted by Gasteiger charge is -1.81. The van der Waals surface area contributed by atoms with Crippen molar-refractivity contribution in [3.63, 3.8) is 0 Å². The molecule has 4 heteroatoms. The quantitative estimate of drug-likeness (QED) is 0.532. The fourth-order valence-corrected chi connectivity index (χ4v) is 0.351. The number of carbonyl (C=O) groups excluding carboxylic acids is 2. The molecule has 3 nitrogen and oxygen atoms in total. The van der Waals surface area contributed by atoms with Crippen molar-refractivity contribution in [3.8, 4) is 0 Å². The van der Waals surface area contributed by atoms with Gasteiger partial charge in [-0.3, -0.25) is 9.59 Å². The maximum atomic E-state index is 10.0. The smallest absolute Gasteiger partial charge is 0.137 e. The van der Waals surface area contributed by atoms with Crippen LogP contribution in [-0.4, -0.2) is 17.0 Å². The Morgan fingerprint density at radius 1 is 1.11 bits per heavy atom. The van der Waals surface area contributed by atoms with Crippen LogP contribution in [0, 0.1) is 0 Å². The predicted molar refractivity (Wildman–Crippen MR) is 36.8 cm³/mol. The van der Waals surface area contributed by atoms with E-state index in [9.17, 15) is 9.59 Å². The van der Waals surface area contributed by atoms with Gasteiger partial charge in [-0.05, 0) is 13.8 Å². The topological polar surface area (TPSA) is 65.6 Å². The van der Waals surface area contributed by atoms with E-state index in [0.29, 0.717) is 0 Å². The van der Waals surface area contributed by atoms with Gasteiger partial charge >= 0.3 is 0 Å². The Morgan fingerprint density at radius 2 is 1.33 bits per heavy atom. The van der Waals surface area contributed by atoms with Crippen molar-refractivity contribution in [1.29, 1.82) is 0 Å². The number of hydrogen-bond donors (Lipinski definition) is 0. The molecule has 0 aliphatic heterocycles. The molecular formula is C5H11ClO3. The summed E-state index contributed by atoms with van der Waals surface area (Å²) in [5, 5.41) is 0. The highest BCUT2D eigenvalue weighted by molar-refractivity contribution is 5.96. The van der Waals surface area contributed by atoms with Crippen molar-refractivity contribution >= 4 is 24.0 Å². The molecule has 0 bridgehead atoms. The molecule has 0 aromatic carbocycles. The Bertz CT molecular complexity index is 88.4. The van der Waals surface area contributed by atoms with E-state index in [1.165, 1.54) is 13.8 Å². The molecule has 0 amide bonds. The molecule has 0 radical (unpaired) electrons. The van der Waals surface area contributed by atoms with Gasteiger partial charge in [0.2, 0.25) is 0 Å². The van der Waals surface area contributed by atoms with Crippen LogP contribution < -0.4 is 0 Å². The molecule has 0 aromatic heterocycles. The summed E-state index contributed by atoms with van der Waals surface area (Å²) in [6, 6.07) is 0. The monoisotopic (exact) mass is 154 g/mol. The average molecular weight is 155 g/mol. The summed E-state index contributed by atoms with van der Waals surface area (Å²) < 4.78 is 0. The second-order valence-corrected chi connectivity index (χ2v) is 1.58. The van der Waals surface area contributed by atoms with Gasteiger partial charge in [0.05, 0.1) is 6.42 Å².